The molecule has 1 aliphatic rings. The summed E-state index contributed by atoms with van der Waals surface area (Å²) in [7, 11) is 3.32. The number of phenols is 1. The highest BCUT2D eigenvalue weighted by Crippen LogP contribution is 2.35. The average molecular weight is 330 g/mol. The molecule has 1 unspecified atom stereocenters. The lowest BCUT2D eigenvalue weighted by molar-refractivity contribution is 0.152. The molecule has 0 spiro atoms. The van der Waals surface area contributed by atoms with Gasteiger partial charge in [0.15, 0.2) is 11.5 Å². The van der Waals surface area contributed by atoms with Crippen molar-refractivity contribution < 1.29 is 14.6 Å². The van der Waals surface area contributed by atoms with Gasteiger partial charge in [-0.3, -0.25) is 4.90 Å². The van der Waals surface area contributed by atoms with Crippen molar-refractivity contribution in [2.75, 3.05) is 33.9 Å². The molecule has 1 atom stereocenters. The van der Waals surface area contributed by atoms with Crippen LogP contribution in [0.4, 0.5) is 0 Å². The molecule has 19 heavy (non-hydrogen) atoms. The molecule has 0 bridgehead atoms. The number of phenolic OH excluding ortho intramolecular Hbond substituents is 1. The van der Waals surface area contributed by atoms with Gasteiger partial charge in [0.25, 0.3) is 0 Å². The van der Waals surface area contributed by atoms with Gasteiger partial charge in [-0.1, -0.05) is 0 Å². The fourth-order valence-corrected chi connectivity index (χ4v) is 3.05. The van der Waals surface area contributed by atoms with Crippen LogP contribution in [0, 0.1) is 5.92 Å². The minimum Gasteiger partial charge on any atom is -0.503 e. The quantitative estimate of drug-likeness (QED) is 0.901. The van der Waals surface area contributed by atoms with Gasteiger partial charge >= 0.3 is 0 Å². The SMILES string of the molecule is COCC1CCN(Cc2cc(Br)c(O)c(OC)c2)C1. The van der Waals surface area contributed by atoms with E-state index in [2.05, 4.69) is 20.8 Å². The van der Waals surface area contributed by atoms with Crippen molar-refractivity contribution in [1.29, 1.82) is 0 Å². The number of nitrogens with zero attached hydrogens (tertiary/aromatic N) is 1. The highest BCUT2D eigenvalue weighted by Gasteiger charge is 2.22. The number of hydrogen-bond donors (Lipinski definition) is 1. The summed E-state index contributed by atoms with van der Waals surface area (Å²) in [6.45, 7) is 3.86. The van der Waals surface area contributed by atoms with E-state index in [-0.39, 0.29) is 5.75 Å². The molecule has 0 amide bonds. The highest BCUT2D eigenvalue weighted by atomic mass is 79.9. The van der Waals surface area contributed by atoms with E-state index in [1.807, 2.05) is 12.1 Å². The van der Waals surface area contributed by atoms with Gasteiger partial charge in [0.05, 0.1) is 18.2 Å². The topological polar surface area (TPSA) is 41.9 Å². The van der Waals surface area contributed by atoms with Crippen LogP contribution < -0.4 is 4.74 Å². The number of rotatable bonds is 5. The number of methoxy groups -OCH3 is 2. The highest BCUT2D eigenvalue weighted by molar-refractivity contribution is 9.10. The maximum absolute atomic E-state index is 9.79. The van der Waals surface area contributed by atoms with Gasteiger partial charge in [0.2, 0.25) is 0 Å². The first-order valence-electron chi connectivity index (χ1n) is 6.40. The van der Waals surface area contributed by atoms with E-state index in [0.717, 1.165) is 31.8 Å². The second-order valence-electron chi connectivity index (χ2n) is 4.97. The van der Waals surface area contributed by atoms with Crippen molar-refractivity contribution in [1.82, 2.24) is 4.90 Å². The van der Waals surface area contributed by atoms with Crippen LogP contribution in [0.2, 0.25) is 0 Å². The molecule has 1 saturated heterocycles. The van der Waals surface area contributed by atoms with Gasteiger partial charge in [-0.15, -0.1) is 0 Å². The molecule has 1 heterocycles. The lowest BCUT2D eigenvalue weighted by Crippen LogP contribution is -2.21. The second kappa shape index (κ2) is 6.59. The molecule has 0 aromatic heterocycles. The fraction of sp³-hybridized carbons (Fsp3) is 0.571. The normalized spacial score (nSPS) is 19.8. The Kier molecular flexibility index (Phi) is 5.07. The van der Waals surface area contributed by atoms with Crippen LogP contribution >= 0.6 is 15.9 Å². The Morgan fingerprint density at radius 1 is 1.42 bits per heavy atom. The summed E-state index contributed by atoms with van der Waals surface area (Å²) in [5.41, 5.74) is 1.14. The van der Waals surface area contributed by atoms with E-state index < -0.39 is 0 Å². The molecule has 0 aliphatic carbocycles. The third-order valence-electron chi connectivity index (χ3n) is 3.49. The molecule has 1 aromatic rings. The number of ether oxygens (including phenoxy) is 2. The smallest absolute Gasteiger partial charge is 0.172 e. The molecule has 4 nitrogen and oxygen atoms in total. The molecular formula is C14H20BrNO3. The summed E-state index contributed by atoms with van der Waals surface area (Å²) in [5, 5.41) is 9.79. The van der Waals surface area contributed by atoms with Gasteiger partial charge in [0.1, 0.15) is 0 Å². The summed E-state index contributed by atoms with van der Waals surface area (Å²) < 4.78 is 11.1. The van der Waals surface area contributed by atoms with Crippen LogP contribution in [0.25, 0.3) is 0 Å². The van der Waals surface area contributed by atoms with Crippen molar-refractivity contribution in [2.24, 2.45) is 5.92 Å². The molecule has 0 radical (unpaired) electrons. The van der Waals surface area contributed by atoms with Crippen molar-refractivity contribution in [3.05, 3.63) is 22.2 Å². The maximum atomic E-state index is 9.79. The van der Waals surface area contributed by atoms with Crippen molar-refractivity contribution in [3.8, 4) is 11.5 Å². The van der Waals surface area contributed by atoms with Crippen LogP contribution in [0.5, 0.6) is 11.5 Å². The third kappa shape index (κ3) is 3.61. The minimum atomic E-state index is 0.157. The molecule has 1 aromatic carbocycles. The van der Waals surface area contributed by atoms with Crippen LogP contribution in [0.1, 0.15) is 12.0 Å². The predicted molar refractivity (Wildman–Crippen MR) is 77.6 cm³/mol. The van der Waals surface area contributed by atoms with Crippen molar-refractivity contribution in [3.63, 3.8) is 0 Å². The molecule has 0 saturated carbocycles. The van der Waals surface area contributed by atoms with E-state index in [1.165, 1.54) is 6.42 Å². The monoisotopic (exact) mass is 329 g/mol. The van der Waals surface area contributed by atoms with E-state index >= 15 is 0 Å². The largest absolute Gasteiger partial charge is 0.503 e. The van der Waals surface area contributed by atoms with Gasteiger partial charge in [-0.05, 0) is 52.5 Å². The molecule has 1 aliphatic heterocycles. The number of likely N-dealkylation sites (tertiary alicyclic amines) is 1. The summed E-state index contributed by atoms with van der Waals surface area (Å²) in [4.78, 5) is 2.40. The molecule has 106 valence electrons. The van der Waals surface area contributed by atoms with Crippen LogP contribution in [0.15, 0.2) is 16.6 Å². The van der Waals surface area contributed by atoms with Gasteiger partial charge in [0, 0.05) is 20.2 Å². The molecule has 5 heteroatoms. The lowest BCUT2D eigenvalue weighted by Gasteiger charge is -2.17. The van der Waals surface area contributed by atoms with E-state index in [4.69, 9.17) is 9.47 Å². The van der Waals surface area contributed by atoms with Crippen LogP contribution in [-0.4, -0.2) is 43.9 Å². The zero-order chi connectivity index (χ0) is 13.8. The van der Waals surface area contributed by atoms with Crippen LogP contribution in [0.3, 0.4) is 0 Å². The predicted octanol–water partition coefficient (Wildman–Crippen LogP) is 2.63. The zero-order valence-electron chi connectivity index (χ0n) is 11.4. The Labute approximate surface area is 122 Å². The standard InChI is InChI=1S/C14H20BrNO3/c1-18-9-10-3-4-16(7-10)8-11-5-12(15)14(17)13(6-11)19-2/h5-6,10,17H,3-4,7-9H2,1-2H3. The Bertz CT molecular complexity index is 439. The van der Waals surface area contributed by atoms with E-state index in [1.54, 1.807) is 14.2 Å². The number of aromatic hydroxyl groups is 1. The number of benzene rings is 1. The summed E-state index contributed by atoms with van der Waals surface area (Å²) in [5.74, 6) is 1.30. The molecular weight excluding hydrogens is 310 g/mol. The molecule has 1 N–H and O–H groups in total. The fourth-order valence-electron chi connectivity index (χ4n) is 2.56. The zero-order valence-corrected chi connectivity index (χ0v) is 12.9. The Morgan fingerprint density at radius 2 is 2.21 bits per heavy atom. The first-order chi connectivity index (χ1) is 9.13. The number of hydrogen-bond acceptors (Lipinski definition) is 4. The minimum absolute atomic E-state index is 0.157. The number of halogens is 1. The summed E-state index contributed by atoms with van der Waals surface area (Å²) >= 11 is 3.36. The van der Waals surface area contributed by atoms with Crippen molar-refractivity contribution >= 4 is 15.9 Å². The molecule has 2 rings (SSSR count). The van der Waals surface area contributed by atoms with Gasteiger partial charge in [-0.25, -0.2) is 0 Å². The van der Waals surface area contributed by atoms with Crippen LogP contribution in [-0.2, 0) is 11.3 Å². The van der Waals surface area contributed by atoms with Crippen molar-refractivity contribution in [2.45, 2.75) is 13.0 Å². The van der Waals surface area contributed by atoms with E-state index in [9.17, 15) is 5.11 Å². The summed E-state index contributed by atoms with van der Waals surface area (Å²) in [6, 6.07) is 3.84. The Hall–Kier alpha value is -0.780. The summed E-state index contributed by atoms with van der Waals surface area (Å²) in [6.07, 6.45) is 1.18. The van der Waals surface area contributed by atoms with Gasteiger partial charge < -0.3 is 14.6 Å². The third-order valence-corrected chi connectivity index (χ3v) is 4.09. The van der Waals surface area contributed by atoms with Gasteiger partial charge in [-0.2, -0.15) is 0 Å². The second-order valence-corrected chi connectivity index (χ2v) is 5.83. The lowest BCUT2D eigenvalue weighted by atomic mass is 10.1. The molecule has 1 fully saturated rings. The van der Waals surface area contributed by atoms with E-state index in [0.29, 0.717) is 16.1 Å². The first-order valence-corrected chi connectivity index (χ1v) is 7.20. The average Bonchev–Trinajstić information content (AvgIpc) is 2.81. The first kappa shape index (κ1) is 14.6. The maximum Gasteiger partial charge on any atom is 0.172 e. The Morgan fingerprint density at radius 3 is 2.89 bits per heavy atom. The Balaban J connectivity index is 2.02.